The molecule has 0 aromatic carbocycles. The van der Waals surface area contributed by atoms with Crippen LogP contribution >= 0.6 is 0 Å². The van der Waals surface area contributed by atoms with Crippen LogP contribution in [0.25, 0.3) is 0 Å². The van der Waals surface area contributed by atoms with Crippen molar-refractivity contribution >= 4 is 0 Å². The molecule has 1 heterocycles. The summed E-state index contributed by atoms with van der Waals surface area (Å²) in [4.78, 5) is 4.01. The van der Waals surface area contributed by atoms with Crippen LogP contribution in [0.4, 0.5) is 0 Å². The molecule has 0 saturated heterocycles. The van der Waals surface area contributed by atoms with Crippen molar-refractivity contribution in [1.82, 2.24) is 9.55 Å². The maximum atomic E-state index is 8.90. The summed E-state index contributed by atoms with van der Waals surface area (Å²) in [6.45, 7) is 4.37. The van der Waals surface area contributed by atoms with Crippen LogP contribution in [0.2, 0.25) is 0 Å². The molecule has 4 nitrogen and oxygen atoms in total. The molecule has 0 unspecified atom stereocenters. The number of hydrogen-bond donors (Lipinski definition) is 1. The third-order valence-electron chi connectivity index (χ3n) is 1.83. The summed E-state index contributed by atoms with van der Waals surface area (Å²) in [5.74, 6) is 0.719. The Kier molecular flexibility index (Phi) is 4.49. The summed E-state index contributed by atoms with van der Waals surface area (Å²) in [7, 11) is 0. The zero-order valence-corrected chi connectivity index (χ0v) is 7.94. The minimum Gasteiger partial charge on any atom is -0.388 e. The summed E-state index contributed by atoms with van der Waals surface area (Å²) in [6.07, 6.45) is 4.53. The molecule has 1 rings (SSSR count). The first-order valence-electron chi connectivity index (χ1n) is 4.57. The zero-order valence-electron chi connectivity index (χ0n) is 7.94. The molecule has 1 aromatic heterocycles. The molecule has 0 spiro atoms. The number of aryl methyl sites for hydroxylation is 1. The zero-order chi connectivity index (χ0) is 9.52. The second-order valence-electron chi connectivity index (χ2n) is 2.75. The predicted octanol–water partition coefficient (Wildman–Crippen LogP) is 0.802. The Labute approximate surface area is 78.2 Å². The molecule has 0 bridgehead atoms. The number of hydrogen-bond acceptors (Lipinski definition) is 3. The number of aliphatic hydroxyl groups is 1. The Morgan fingerprint density at radius 3 is 3.15 bits per heavy atom. The maximum Gasteiger partial charge on any atom is 0.134 e. The lowest BCUT2D eigenvalue weighted by Crippen LogP contribution is -2.05. The van der Waals surface area contributed by atoms with E-state index in [2.05, 4.69) is 4.98 Å². The molecule has 0 amide bonds. The number of imidazole rings is 1. The van der Waals surface area contributed by atoms with Crippen LogP contribution in [0.3, 0.4) is 0 Å². The highest BCUT2D eigenvalue weighted by Crippen LogP contribution is 1.99. The fourth-order valence-corrected chi connectivity index (χ4v) is 1.18. The van der Waals surface area contributed by atoms with E-state index < -0.39 is 0 Å². The van der Waals surface area contributed by atoms with E-state index in [4.69, 9.17) is 9.84 Å². The lowest BCUT2D eigenvalue weighted by molar-refractivity contribution is 0.141. The second-order valence-corrected chi connectivity index (χ2v) is 2.75. The molecule has 0 radical (unpaired) electrons. The van der Waals surface area contributed by atoms with Gasteiger partial charge in [-0.2, -0.15) is 0 Å². The first-order valence-corrected chi connectivity index (χ1v) is 4.57. The van der Waals surface area contributed by atoms with Gasteiger partial charge in [-0.05, 0) is 13.3 Å². The van der Waals surface area contributed by atoms with E-state index in [-0.39, 0.29) is 6.61 Å². The molecule has 0 aliphatic heterocycles. The van der Waals surface area contributed by atoms with E-state index in [0.29, 0.717) is 0 Å². The maximum absolute atomic E-state index is 8.90. The molecule has 1 N–H and O–H groups in total. The molecule has 74 valence electrons. The fraction of sp³-hybridized carbons (Fsp3) is 0.667. The van der Waals surface area contributed by atoms with E-state index in [0.717, 1.165) is 32.0 Å². The number of aliphatic hydroxyl groups excluding tert-OH is 1. The van der Waals surface area contributed by atoms with Crippen molar-refractivity contribution in [2.45, 2.75) is 26.5 Å². The van der Waals surface area contributed by atoms with Crippen LogP contribution in [0, 0.1) is 0 Å². The summed E-state index contributed by atoms with van der Waals surface area (Å²) in [5, 5.41) is 8.90. The van der Waals surface area contributed by atoms with Gasteiger partial charge in [0.1, 0.15) is 12.4 Å². The second kappa shape index (κ2) is 5.72. The number of ether oxygens (including phenoxy) is 1. The standard InChI is InChI=1S/C9H16N2O2/c1-2-13-7-3-5-11-6-4-10-9(11)8-12/h4,6,12H,2-3,5,7-8H2,1H3. The average molecular weight is 184 g/mol. The molecular formula is C9H16N2O2. The predicted molar refractivity (Wildman–Crippen MR) is 49.3 cm³/mol. The fourth-order valence-electron chi connectivity index (χ4n) is 1.18. The Hall–Kier alpha value is -0.870. The van der Waals surface area contributed by atoms with Gasteiger partial charge >= 0.3 is 0 Å². The van der Waals surface area contributed by atoms with E-state index in [9.17, 15) is 0 Å². The highest BCUT2D eigenvalue weighted by Gasteiger charge is 1.99. The molecular weight excluding hydrogens is 168 g/mol. The van der Waals surface area contributed by atoms with Gasteiger partial charge in [0.15, 0.2) is 0 Å². The van der Waals surface area contributed by atoms with E-state index in [1.165, 1.54) is 0 Å². The van der Waals surface area contributed by atoms with Gasteiger partial charge in [0.25, 0.3) is 0 Å². The minimum absolute atomic E-state index is 0.00162. The van der Waals surface area contributed by atoms with Crippen molar-refractivity contribution in [3.63, 3.8) is 0 Å². The minimum atomic E-state index is 0.00162. The molecule has 4 heteroatoms. The highest BCUT2D eigenvalue weighted by atomic mass is 16.5. The van der Waals surface area contributed by atoms with Gasteiger partial charge in [-0.3, -0.25) is 0 Å². The third-order valence-corrected chi connectivity index (χ3v) is 1.83. The van der Waals surface area contributed by atoms with E-state index in [1.807, 2.05) is 17.7 Å². The van der Waals surface area contributed by atoms with Gasteiger partial charge in [0.2, 0.25) is 0 Å². The first-order chi connectivity index (χ1) is 6.38. The van der Waals surface area contributed by atoms with Gasteiger partial charge in [-0.25, -0.2) is 4.98 Å². The lowest BCUT2D eigenvalue weighted by Gasteiger charge is -2.05. The van der Waals surface area contributed by atoms with Crippen molar-refractivity contribution in [2.75, 3.05) is 13.2 Å². The largest absolute Gasteiger partial charge is 0.388 e. The number of rotatable bonds is 6. The van der Waals surface area contributed by atoms with Crippen LogP contribution in [-0.2, 0) is 17.9 Å². The molecule has 13 heavy (non-hydrogen) atoms. The van der Waals surface area contributed by atoms with Crippen molar-refractivity contribution in [3.05, 3.63) is 18.2 Å². The number of aromatic nitrogens is 2. The first kappa shape index (κ1) is 10.2. The quantitative estimate of drug-likeness (QED) is 0.665. The molecule has 1 aromatic rings. The average Bonchev–Trinajstić information content (AvgIpc) is 2.60. The summed E-state index contributed by atoms with van der Waals surface area (Å²) < 4.78 is 7.15. The van der Waals surface area contributed by atoms with Gasteiger partial charge < -0.3 is 14.4 Å². The molecule has 0 fully saturated rings. The molecule has 0 saturated carbocycles. The van der Waals surface area contributed by atoms with Crippen LogP contribution in [-0.4, -0.2) is 27.9 Å². The number of nitrogens with zero attached hydrogens (tertiary/aromatic N) is 2. The van der Waals surface area contributed by atoms with E-state index in [1.54, 1.807) is 6.20 Å². The van der Waals surface area contributed by atoms with Gasteiger partial charge in [-0.15, -0.1) is 0 Å². The van der Waals surface area contributed by atoms with Crippen molar-refractivity contribution in [3.8, 4) is 0 Å². The monoisotopic (exact) mass is 184 g/mol. The Balaban J connectivity index is 2.27. The summed E-state index contributed by atoms with van der Waals surface area (Å²) >= 11 is 0. The van der Waals surface area contributed by atoms with Crippen LogP contribution in [0.15, 0.2) is 12.4 Å². The summed E-state index contributed by atoms with van der Waals surface area (Å²) in [6, 6.07) is 0. The van der Waals surface area contributed by atoms with Gasteiger partial charge in [-0.1, -0.05) is 0 Å². The van der Waals surface area contributed by atoms with Crippen LogP contribution in [0.1, 0.15) is 19.2 Å². The Bertz CT molecular complexity index is 235. The molecule has 0 aliphatic rings. The SMILES string of the molecule is CCOCCCn1ccnc1CO. The summed E-state index contributed by atoms with van der Waals surface area (Å²) in [5.41, 5.74) is 0. The highest BCUT2D eigenvalue weighted by molar-refractivity contribution is 4.89. The van der Waals surface area contributed by atoms with Gasteiger partial charge in [0, 0.05) is 32.2 Å². The van der Waals surface area contributed by atoms with Gasteiger partial charge in [0.05, 0.1) is 0 Å². The smallest absolute Gasteiger partial charge is 0.134 e. The molecule has 0 aliphatic carbocycles. The normalized spacial score (nSPS) is 10.6. The van der Waals surface area contributed by atoms with Crippen molar-refractivity contribution in [2.24, 2.45) is 0 Å². The Morgan fingerprint density at radius 1 is 1.62 bits per heavy atom. The third kappa shape index (κ3) is 3.16. The van der Waals surface area contributed by atoms with Crippen molar-refractivity contribution in [1.29, 1.82) is 0 Å². The van der Waals surface area contributed by atoms with Crippen LogP contribution < -0.4 is 0 Å². The topological polar surface area (TPSA) is 47.3 Å². The lowest BCUT2D eigenvalue weighted by atomic mass is 10.4. The van der Waals surface area contributed by atoms with Crippen molar-refractivity contribution < 1.29 is 9.84 Å². The van der Waals surface area contributed by atoms with E-state index >= 15 is 0 Å². The van der Waals surface area contributed by atoms with Crippen LogP contribution in [0.5, 0.6) is 0 Å². The Morgan fingerprint density at radius 2 is 2.46 bits per heavy atom. The molecule has 0 atom stereocenters.